The SMILES string of the molecule is CCCCCCOc1cc(C)ccc1CNC1CCC(C)C(C)C1. The van der Waals surface area contributed by atoms with E-state index in [4.69, 9.17) is 4.74 Å². The van der Waals surface area contributed by atoms with Crippen LogP contribution in [0.2, 0.25) is 0 Å². The van der Waals surface area contributed by atoms with Crippen LogP contribution in [0, 0.1) is 18.8 Å². The molecule has 24 heavy (non-hydrogen) atoms. The van der Waals surface area contributed by atoms with E-state index in [0.29, 0.717) is 6.04 Å². The zero-order valence-electron chi connectivity index (χ0n) is 16.2. The molecule has 0 spiro atoms. The number of nitrogens with one attached hydrogen (secondary N) is 1. The molecule has 1 N–H and O–H groups in total. The fraction of sp³-hybridized carbons (Fsp3) is 0.727. The van der Waals surface area contributed by atoms with Crippen LogP contribution in [0.5, 0.6) is 5.75 Å². The normalized spacial score (nSPS) is 24.1. The summed E-state index contributed by atoms with van der Waals surface area (Å²) in [5.74, 6) is 2.80. The number of benzene rings is 1. The van der Waals surface area contributed by atoms with Crippen molar-refractivity contribution in [3.8, 4) is 5.75 Å². The Balaban J connectivity index is 1.85. The third kappa shape index (κ3) is 6.12. The molecule has 0 radical (unpaired) electrons. The lowest BCUT2D eigenvalue weighted by Gasteiger charge is -2.32. The zero-order valence-corrected chi connectivity index (χ0v) is 16.2. The van der Waals surface area contributed by atoms with Crippen LogP contribution in [0.3, 0.4) is 0 Å². The topological polar surface area (TPSA) is 21.3 Å². The molecule has 1 fully saturated rings. The first-order chi connectivity index (χ1) is 11.6. The fourth-order valence-electron chi connectivity index (χ4n) is 3.64. The van der Waals surface area contributed by atoms with Gasteiger partial charge in [-0.05, 0) is 56.1 Å². The van der Waals surface area contributed by atoms with Crippen molar-refractivity contribution in [3.63, 3.8) is 0 Å². The van der Waals surface area contributed by atoms with Gasteiger partial charge >= 0.3 is 0 Å². The van der Waals surface area contributed by atoms with Crippen LogP contribution in [0.25, 0.3) is 0 Å². The number of rotatable bonds is 9. The average Bonchev–Trinajstić information content (AvgIpc) is 2.57. The van der Waals surface area contributed by atoms with E-state index in [9.17, 15) is 0 Å². The Morgan fingerprint density at radius 2 is 1.92 bits per heavy atom. The van der Waals surface area contributed by atoms with Crippen LogP contribution in [-0.2, 0) is 6.54 Å². The third-order valence-electron chi connectivity index (χ3n) is 5.66. The quantitative estimate of drug-likeness (QED) is 0.571. The zero-order chi connectivity index (χ0) is 17.4. The maximum Gasteiger partial charge on any atom is 0.124 e. The highest BCUT2D eigenvalue weighted by atomic mass is 16.5. The van der Waals surface area contributed by atoms with E-state index in [1.165, 1.54) is 49.7 Å². The molecule has 2 heteroatoms. The van der Waals surface area contributed by atoms with E-state index in [2.05, 4.69) is 51.2 Å². The molecule has 1 saturated carbocycles. The minimum absolute atomic E-state index is 0.662. The second-order valence-corrected chi connectivity index (χ2v) is 7.87. The summed E-state index contributed by atoms with van der Waals surface area (Å²) in [5, 5.41) is 3.78. The Kier molecular flexibility index (Phi) is 8.11. The molecule has 0 bridgehead atoms. The Hall–Kier alpha value is -1.02. The van der Waals surface area contributed by atoms with Gasteiger partial charge in [-0.3, -0.25) is 0 Å². The smallest absolute Gasteiger partial charge is 0.124 e. The Labute approximate surface area is 149 Å². The van der Waals surface area contributed by atoms with Gasteiger partial charge in [0, 0.05) is 18.2 Å². The molecule has 2 nitrogen and oxygen atoms in total. The summed E-state index contributed by atoms with van der Waals surface area (Å²) < 4.78 is 6.10. The first kappa shape index (κ1) is 19.3. The van der Waals surface area contributed by atoms with E-state index < -0.39 is 0 Å². The Bertz CT molecular complexity index is 485. The predicted octanol–water partition coefficient (Wildman–Crippen LogP) is 5.87. The van der Waals surface area contributed by atoms with Gasteiger partial charge in [0.15, 0.2) is 0 Å². The van der Waals surface area contributed by atoms with Crippen molar-refractivity contribution in [2.24, 2.45) is 11.8 Å². The van der Waals surface area contributed by atoms with Crippen LogP contribution in [0.1, 0.15) is 76.8 Å². The standard InChI is InChI=1S/C22H37NO/c1-5-6-7-8-13-24-22-14-17(2)9-11-20(22)16-23-21-12-10-18(3)19(4)15-21/h9,11,14,18-19,21,23H,5-8,10,12-13,15-16H2,1-4H3. The molecule has 0 heterocycles. The van der Waals surface area contributed by atoms with Crippen LogP contribution in [-0.4, -0.2) is 12.6 Å². The summed E-state index contributed by atoms with van der Waals surface area (Å²) in [6, 6.07) is 7.29. The first-order valence-electron chi connectivity index (χ1n) is 10.1. The highest BCUT2D eigenvalue weighted by Gasteiger charge is 2.24. The van der Waals surface area contributed by atoms with Gasteiger partial charge in [0.1, 0.15) is 5.75 Å². The molecule has 3 atom stereocenters. The van der Waals surface area contributed by atoms with Gasteiger partial charge in [0.2, 0.25) is 0 Å². The second-order valence-electron chi connectivity index (χ2n) is 7.87. The monoisotopic (exact) mass is 331 g/mol. The van der Waals surface area contributed by atoms with E-state index in [0.717, 1.165) is 37.2 Å². The van der Waals surface area contributed by atoms with Crippen molar-refractivity contribution < 1.29 is 4.74 Å². The van der Waals surface area contributed by atoms with E-state index in [1.54, 1.807) is 0 Å². The summed E-state index contributed by atoms with van der Waals surface area (Å²) in [5.41, 5.74) is 2.59. The summed E-state index contributed by atoms with van der Waals surface area (Å²) in [6.45, 7) is 11.0. The molecule has 1 aliphatic rings. The number of ether oxygens (including phenoxy) is 1. The van der Waals surface area contributed by atoms with Crippen molar-refractivity contribution in [1.29, 1.82) is 0 Å². The molecule has 0 saturated heterocycles. The molecular formula is C22H37NO. The fourth-order valence-corrected chi connectivity index (χ4v) is 3.64. The van der Waals surface area contributed by atoms with Gasteiger partial charge in [-0.15, -0.1) is 0 Å². The van der Waals surface area contributed by atoms with Crippen molar-refractivity contribution in [3.05, 3.63) is 29.3 Å². The minimum Gasteiger partial charge on any atom is -0.493 e. The predicted molar refractivity (Wildman–Crippen MR) is 104 cm³/mol. The summed E-state index contributed by atoms with van der Waals surface area (Å²) >= 11 is 0. The molecule has 0 aromatic heterocycles. The summed E-state index contributed by atoms with van der Waals surface area (Å²) in [6.07, 6.45) is 8.99. The lowest BCUT2D eigenvalue weighted by molar-refractivity contribution is 0.224. The third-order valence-corrected chi connectivity index (χ3v) is 5.66. The average molecular weight is 332 g/mol. The molecule has 1 aromatic carbocycles. The number of unbranched alkanes of at least 4 members (excludes halogenated alkanes) is 3. The van der Waals surface area contributed by atoms with E-state index in [-0.39, 0.29) is 0 Å². The van der Waals surface area contributed by atoms with Crippen LogP contribution >= 0.6 is 0 Å². The molecule has 2 rings (SSSR count). The van der Waals surface area contributed by atoms with Gasteiger partial charge in [-0.2, -0.15) is 0 Å². The molecule has 0 amide bonds. The molecule has 136 valence electrons. The van der Waals surface area contributed by atoms with Crippen molar-refractivity contribution in [2.75, 3.05) is 6.61 Å². The van der Waals surface area contributed by atoms with Gasteiger partial charge in [0.25, 0.3) is 0 Å². The number of hydrogen-bond acceptors (Lipinski definition) is 2. The van der Waals surface area contributed by atoms with Crippen molar-refractivity contribution in [2.45, 2.75) is 85.2 Å². The van der Waals surface area contributed by atoms with Crippen LogP contribution in [0.15, 0.2) is 18.2 Å². The number of aryl methyl sites for hydroxylation is 1. The van der Waals surface area contributed by atoms with Crippen molar-refractivity contribution >= 4 is 0 Å². The molecule has 1 aromatic rings. The molecular weight excluding hydrogens is 294 g/mol. The van der Waals surface area contributed by atoms with E-state index in [1.807, 2.05) is 0 Å². The van der Waals surface area contributed by atoms with Crippen LogP contribution < -0.4 is 10.1 Å². The van der Waals surface area contributed by atoms with Crippen molar-refractivity contribution in [1.82, 2.24) is 5.32 Å². The first-order valence-corrected chi connectivity index (χ1v) is 10.1. The minimum atomic E-state index is 0.662. The van der Waals surface area contributed by atoms with Gasteiger partial charge < -0.3 is 10.1 Å². The maximum atomic E-state index is 6.10. The Morgan fingerprint density at radius 3 is 2.67 bits per heavy atom. The summed E-state index contributed by atoms with van der Waals surface area (Å²) in [4.78, 5) is 0. The van der Waals surface area contributed by atoms with Crippen LogP contribution in [0.4, 0.5) is 0 Å². The largest absolute Gasteiger partial charge is 0.493 e. The van der Waals surface area contributed by atoms with Gasteiger partial charge in [-0.1, -0.05) is 52.2 Å². The Morgan fingerprint density at radius 1 is 1.08 bits per heavy atom. The maximum absolute atomic E-state index is 6.10. The second kappa shape index (κ2) is 10.1. The lowest BCUT2D eigenvalue weighted by Crippen LogP contribution is -2.35. The van der Waals surface area contributed by atoms with E-state index >= 15 is 0 Å². The molecule has 1 aliphatic carbocycles. The highest BCUT2D eigenvalue weighted by Crippen LogP contribution is 2.30. The summed E-state index contributed by atoms with van der Waals surface area (Å²) in [7, 11) is 0. The van der Waals surface area contributed by atoms with Gasteiger partial charge in [0.05, 0.1) is 6.61 Å². The number of hydrogen-bond donors (Lipinski definition) is 1. The molecule has 3 unspecified atom stereocenters. The lowest BCUT2D eigenvalue weighted by atomic mass is 9.79. The highest BCUT2D eigenvalue weighted by molar-refractivity contribution is 5.37. The van der Waals surface area contributed by atoms with Gasteiger partial charge in [-0.25, -0.2) is 0 Å². The molecule has 0 aliphatic heterocycles.